The molecule has 0 fully saturated rings. The van der Waals surface area contributed by atoms with Gasteiger partial charge in [-0.3, -0.25) is 9.59 Å². The molecule has 0 aliphatic carbocycles. The van der Waals surface area contributed by atoms with Crippen molar-refractivity contribution in [2.75, 3.05) is 5.32 Å². The number of Topliss-reactive ketones (excluding diaryl/α,β-unsaturated/α-hetero) is 1. The van der Waals surface area contributed by atoms with Crippen molar-refractivity contribution in [1.29, 1.82) is 0 Å². The number of carbonyl (C=O) groups excluding carboxylic acids is 2. The number of carbonyl (C=O) groups is 2. The van der Waals surface area contributed by atoms with Gasteiger partial charge in [0, 0.05) is 16.8 Å². The average molecular weight is 389 g/mol. The monoisotopic (exact) mass is 389 g/mol. The first-order valence-corrected chi connectivity index (χ1v) is 8.08. The van der Waals surface area contributed by atoms with Crippen LogP contribution in [-0.4, -0.2) is 31.9 Å². The number of tetrazole rings is 1. The maximum atomic E-state index is 12.6. The zero-order valence-electron chi connectivity index (χ0n) is 14.6. The van der Waals surface area contributed by atoms with E-state index in [1.54, 1.807) is 24.3 Å². The van der Waals surface area contributed by atoms with Crippen molar-refractivity contribution >= 4 is 17.4 Å². The van der Waals surface area contributed by atoms with Crippen molar-refractivity contribution in [2.24, 2.45) is 0 Å². The van der Waals surface area contributed by atoms with Crippen LogP contribution in [0.5, 0.6) is 0 Å². The number of halogens is 3. The van der Waals surface area contributed by atoms with E-state index >= 15 is 0 Å². The molecule has 0 saturated carbocycles. The number of anilines is 1. The Labute approximate surface area is 157 Å². The highest BCUT2D eigenvalue weighted by molar-refractivity contribution is 5.95. The van der Waals surface area contributed by atoms with Crippen LogP contribution in [0.15, 0.2) is 48.5 Å². The fraction of sp³-hybridized carbons (Fsp3) is 0.167. The molecular weight excluding hydrogens is 375 g/mol. The fourth-order valence-corrected chi connectivity index (χ4v) is 2.35. The summed E-state index contributed by atoms with van der Waals surface area (Å²) in [7, 11) is 0. The number of nitrogens with one attached hydrogen (secondary N) is 1. The molecule has 144 valence electrons. The summed E-state index contributed by atoms with van der Waals surface area (Å²) in [6, 6.07) is 10.7. The highest BCUT2D eigenvalue weighted by atomic mass is 19.4. The van der Waals surface area contributed by atoms with Gasteiger partial charge in [0.05, 0.1) is 5.56 Å². The molecular formula is C18H14F3N5O2. The number of benzene rings is 2. The number of aromatic nitrogens is 4. The molecule has 0 bridgehead atoms. The Hall–Kier alpha value is -3.56. The molecule has 10 heteroatoms. The third-order valence-corrected chi connectivity index (χ3v) is 3.78. The normalized spacial score (nSPS) is 11.3. The predicted octanol–water partition coefficient (Wildman–Crippen LogP) is 3.20. The Morgan fingerprint density at radius 2 is 1.68 bits per heavy atom. The number of rotatable bonds is 5. The zero-order valence-corrected chi connectivity index (χ0v) is 14.6. The number of amides is 1. The van der Waals surface area contributed by atoms with Crippen LogP contribution in [0.4, 0.5) is 18.9 Å². The Kier molecular flexibility index (Phi) is 5.21. The molecule has 3 rings (SSSR count). The van der Waals surface area contributed by atoms with E-state index in [2.05, 4.69) is 20.7 Å². The van der Waals surface area contributed by atoms with Gasteiger partial charge in [0.25, 0.3) is 0 Å². The topological polar surface area (TPSA) is 89.8 Å². The van der Waals surface area contributed by atoms with Crippen LogP contribution in [0, 0.1) is 0 Å². The van der Waals surface area contributed by atoms with E-state index in [0.29, 0.717) is 16.8 Å². The first kappa shape index (κ1) is 19.2. The second-order valence-electron chi connectivity index (χ2n) is 5.90. The molecule has 7 nitrogen and oxygen atoms in total. The van der Waals surface area contributed by atoms with Crippen molar-refractivity contribution in [3.63, 3.8) is 0 Å². The van der Waals surface area contributed by atoms with Crippen LogP contribution in [-0.2, 0) is 17.5 Å². The third kappa shape index (κ3) is 4.58. The summed E-state index contributed by atoms with van der Waals surface area (Å²) >= 11 is 0. The number of hydrogen-bond acceptors (Lipinski definition) is 5. The van der Waals surface area contributed by atoms with Gasteiger partial charge in [-0.05, 0) is 48.5 Å². The van der Waals surface area contributed by atoms with Gasteiger partial charge in [-0.15, -0.1) is 10.2 Å². The number of alkyl halides is 3. The minimum atomic E-state index is -4.43. The summed E-state index contributed by atoms with van der Waals surface area (Å²) in [5, 5.41) is 14.1. The Morgan fingerprint density at radius 1 is 1.04 bits per heavy atom. The third-order valence-electron chi connectivity index (χ3n) is 3.78. The van der Waals surface area contributed by atoms with E-state index in [0.717, 1.165) is 16.9 Å². The van der Waals surface area contributed by atoms with Gasteiger partial charge in [0.1, 0.15) is 6.54 Å². The average Bonchev–Trinajstić information content (AvgIpc) is 3.10. The van der Waals surface area contributed by atoms with E-state index in [1.807, 2.05) is 0 Å². The molecule has 0 spiro atoms. The van der Waals surface area contributed by atoms with Crippen LogP contribution in [0.1, 0.15) is 22.8 Å². The molecule has 3 aromatic rings. The highest BCUT2D eigenvalue weighted by Crippen LogP contribution is 2.30. The van der Waals surface area contributed by atoms with Gasteiger partial charge in [-0.1, -0.05) is 12.1 Å². The largest absolute Gasteiger partial charge is 0.416 e. The first-order chi connectivity index (χ1) is 13.2. The van der Waals surface area contributed by atoms with Crippen molar-refractivity contribution in [3.8, 4) is 11.4 Å². The molecule has 1 aromatic heterocycles. The van der Waals surface area contributed by atoms with E-state index in [1.165, 1.54) is 19.1 Å². The van der Waals surface area contributed by atoms with E-state index in [-0.39, 0.29) is 18.2 Å². The molecule has 0 saturated heterocycles. The van der Waals surface area contributed by atoms with Crippen LogP contribution >= 0.6 is 0 Å². The van der Waals surface area contributed by atoms with Crippen molar-refractivity contribution in [3.05, 3.63) is 59.7 Å². The van der Waals surface area contributed by atoms with Crippen molar-refractivity contribution in [1.82, 2.24) is 20.2 Å². The summed E-state index contributed by atoms with van der Waals surface area (Å²) in [4.78, 5) is 24.3. The number of hydrogen-bond donors (Lipinski definition) is 1. The Balaban J connectivity index is 1.64. The first-order valence-electron chi connectivity index (χ1n) is 8.08. The minimum Gasteiger partial charge on any atom is -0.324 e. The standard InChI is InChI=1S/C18H14F3N5O2/c1-11(27)12-4-8-15(9-5-12)22-16(28)10-26-24-17(23-25-26)13-2-6-14(7-3-13)18(19,20)21/h2-9H,10H2,1H3,(H,22,28). The van der Waals surface area contributed by atoms with Crippen molar-refractivity contribution in [2.45, 2.75) is 19.6 Å². The van der Waals surface area contributed by atoms with Gasteiger partial charge in [0.2, 0.25) is 11.7 Å². The summed E-state index contributed by atoms with van der Waals surface area (Å²) in [6.07, 6.45) is -4.43. The quantitative estimate of drug-likeness (QED) is 0.677. The minimum absolute atomic E-state index is 0.0829. The molecule has 1 N–H and O–H groups in total. The second kappa shape index (κ2) is 7.59. The second-order valence-corrected chi connectivity index (χ2v) is 5.90. The molecule has 0 radical (unpaired) electrons. The Bertz CT molecular complexity index is 995. The lowest BCUT2D eigenvalue weighted by molar-refractivity contribution is -0.137. The van der Waals surface area contributed by atoms with Crippen LogP contribution in [0.25, 0.3) is 11.4 Å². The van der Waals surface area contributed by atoms with Gasteiger partial charge < -0.3 is 5.32 Å². The Morgan fingerprint density at radius 3 is 2.25 bits per heavy atom. The lowest BCUT2D eigenvalue weighted by atomic mass is 10.1. The van der Waals surface area contributed by atoms with E-state index in [4.69, 9.17) is 0 Å². The highest BCUT2D eigenvalue weighted by Gasteiger charge is 2.30. The van der Waals surface area contributed by atoms with Gasteiger partial charge in [-0.2, -0.15) is 18.0 Å². The maximum absolute atomic E-state index is 12.6. The number of ketones is 1. The summed E-state index contributed by atoms with van der Waals surface area (Å²) in [5.74, 6) is -0.403. The SMILES string of the molecule is CC(=O)c1ccc(NC(=O)Cn2nnc(-c3ccc(C(F)(F)F)cc3)n2)cc1. The van der Waals surface area contributed by atoms with Crippen molar-refractivity contribution < 1.29 is 22.8 Å². The lowest BCUT2D eigenvalue weighted by Crippen LogP contribution is -2.20. The summed E-state index contributed by atoms with van der Waals surface area (Å²) in [6.45, 7) is 1.21. The molecule has 0 unspecified atom stereocenters. The van der Waals surface area contributed by atoms with E-state index in [9.17, 15) is 22.8 Å². The molecule has 28 heavy (non-hydrogen) atoms. The van der Waals surface area contributed by atoms with Crippen LogP contribution in [0.3, 0.4) is 0 Å². The predicted molar refractivity (Wildman–Crippen MR) is 93.3 cm³/mol. The van der Waals surface area contributed by atoms with Gasteiger partial charge >= 0.3 is 6.18 Å². The summed E-state index contributed by atoms with van der Waals surface area (Å²) < 4.78 is 37.8. The smallest absolute Gasteiger partial charge is 0.324 e. The number of nitrogens with zero attached hydrogens (tertiary/aromatic N) is 4. The molecule has 0 aliphatic rings. The molecule has 0 aliphatic heterocycles. The lowest BCUT2D eigenvalue weighted by Gasteiger charge is -2.06. The van der Waals surface area contributed by atoms with Crippen LogP contribution < -0.4 is 5.32 Å². The fourth-order valence-electron chi connectivity index (χ4n) is 2.35. The van der Waals surface area contributed by atoms with E-state index < -0.39 is 17.6 Å². The zero-order chi connectivity index (χ0) is 20.3. The molecule has 1 heterocycles. The molecule has 0 atom stereocenters. The maximum Gasteiger partial charge on any atom is 0.416 e. The molecule has 1 amide bonds. The van der Waals surface area contributed by atoms with Crippen LogP contribution in [0.2, 0.25) is 0 Å². The summed E-state index contributed by atoms with van der Waals surface area (Å²) in [5.41, 5.74) is 0.591. The van der Waals surface area contributed by atoms with Gasteiger partial charge in [-0.25, -0.2) is 0 Å². The van der Waals surface area contributed by atoms with Gasteiger partial charge in [0.15, 0.2) is 5.78 Å². The molecule has 2 aromatic carbocycles.